The van der Waals surface area contributed by atoms with E-state index in [1.807, 2.05) is 22.7 Å². The van der Waals surface area contributed by atoms with Gasteiger partial charge in [0.15, 0.2) is 0 Å². The summed E-state index contributed by atoms with van der Waals surface area (Å²) in [7, 11) is 1.76. The summed E-state index contributed by atoms with van der Waals surface area (Å²) >= 11 is 5.56. The van der Waals surface area contributed by atoms with Gasteiger partial charge < -0.3 is 9.84 Å². The van der Waals surface area contributed by atoms with Gasteiger partial charge in [0.05, 0.1) is 6.61 Å². The molecule has 5 rings (SSSR count). The molecule has 0 spiro atoms. The summed E-state index contributed by atoms with van der Waals surface area (Å²) < 4.78 is 10.6. The third-order valence-corrected chi connectivity index (χ3v) is 8.19. The largest absolute Gasteiger partial charge is 0.396 e. The van der Waals surface area contributed by atoms with Gasteiger partial charge in [0, 0.05) is 65.9 Å². The van der Waals surface area contributed by atoms with E-state index in [2.05, 4.69) is 36.4 Å². The highest BCUT2D eigenvalue weighted by Crippen LogP contribution is 2.41. The first-order valence-corrected chi connectivity index (χ1v) is 11.1. The number of hydrogen-bond acceptors (Lipinski definition) is 5. The normalized spacial score (nSPS) is 12.2. The van der Waals surface area contributed by atoms with Gasteiger partial charge in [-0.15, -0.1) is 34.0 Å². The van der Waals surface area contributed by atoms with Gasteiger partial charge in [-0.25, -0.2) is 0 Å². The van der Waals surface area contributed by atoms with E-state index in [0.717, 1.165) is 19.4 Å². The Morgan fingerprint density at radius 2 is 1.31 bits per heavy atom. The fraction of sp³-hybridized carbons (Fsp3) is 0.238. The van der Waals surface area contributed by atoms with Crippen molar-refractivity contribution in [3.63, 3.8) is 0 Å². The summed E-state index contributed by atoms with van der Waals surface area (Å²) in [6.45, 7) is 0.988. The number of benzene rings is 2. The molecule has 2 nitrogen and oxygen atoms in total. The van der Waals surface area contributed by atoms with Gasteiger partial charge in [-0.05, 0) is 47.2 Å². The van der Waals surface area contributed by atoms with Crippen molar-refractivity contribution in [2.24, 2.45) is 0 Å². The molecule has 0 amide bonds. The summed E-state index contributed by atoms with van der Waals surface area (Å²) in [6, 6.07) is 13.9. The summed E-state index contributed by atoms with van der Waals surface area (Å²) in [6.07, 6.45) is 1.72. The molecule has 0 atom stereocenters. The minimum atomic E-state index is 0.214. The molecule has 0 bridgehead atoms. The van der Waals surface area contributed by atoms with E-state index >= 15 is 0 Å². The van der Waals surface area contributed by atoms with Crippen LogP contribution in [0, 0.1) is 0 Å². The molecule has 132 valence electrons. The van der Waals surface area contributed by atoms with Crippen molar-refractivity contribution in [3.05, 3.63) is 46.2 Å². The fourth-order valence-electron chi connectivity index (χ4n) is 3.51. The molecule has 0 radical (unpaired) electrons. The van der Waals surface area contributed by atoms with Crippen LogP contribution < -0.4 is 0 Å². The maximum Gasteiger partial charge on any atom is 0.0510 e. The van der Waals surface area contributed by atoms with Crippen LogP contribution in [0.2, 0.25) is 0 Å². The smallest absolute Gasteiger partial charge is 0.0510 e. The number of rotatable bonds is 5. The third-order valence-electron chi connectivity index (χ3n) is 4.76. The summed E-state index contributed by atoms with van der Waals surface area (Å²) in [5, 5.41) is 14.5. The van der Waals surface area contributed by atoms with Gasteiger partial charge in [-0.3, -0.25) is 0 Å². The number of aliphatic hydroxyl groups is 1. The molecule has 0 saturated heterocycles. The SMILES string of the molecule is COCCc1cc2cc3c(cc2s1)sc1cc2sc(CCO)cc2cc13. The lowest BCUT2D eigenvalue weighted by molar-refractivity contribution is 0.203. The molecular weight excluding hydrogens is 380 g/mol. The van der Waals surface area contributed by atoms with Gasteiger partial charge >= 0.3 is 0 Å². The Balaban J connectivity index is 1.68. The average molecular weight is 399 g/mol. The Morgan fingerprint density at radius 1 is 0.731 bits per heavy atom. The highest BCUT2D eigenvalue weighted by molar-refractivity contribution is 7.27. The second-order valence-corrected chi connectivity index (χ2v) is 9.94. The standard InChI is InChI=1S/C21H18O2S3/c1-23-5-3-15-7-13-9-17-16-8-12-6-14(2-4-22)24-18(12)10-20(16)26-21(17)11-19(13)25-15/h6-11,22H,2-5H2,1H3. The summed E-state index contributed by atoms with van der Waals surface area (Å²) in [5.74, 6) is 0. The minimum absolute atomic E-state index is 0.214. The Morgan fingerprint density at radius 3 is 1.85 bits per heavy atom. The van der Waals surface area contributed by atoms with E-state index in [9.17, 15) is 5.11 Å². The Labute approximate surface area is 163 Å². The predicted molar refractivity (Wildman–Crippen MR) is 116 cm³/mol. The minimum Gasteiger partial charge on any atom is -0.396 e. The number of hydrogen-bond donors (Lipinski definition) is 1. The molecule has 5 aromatic rings. The van der Waals surface area contributed by atoms with Crippen LogP contribution in [-0.2, 0) is 17.6 Å². The Hall–Kier alpha value is -1.50. The van der Waals surface area contributed by atoms with E-state index in [0.29, 0.717) is 0 Å². The molecule has 0 aliphatic carbocycles. The van der Waals surface area contributed by atoms with Crippen molar-refractivity contribution < 1.29 is 9.84 Å². The van der Waals surface area contributed by atoms with Crippen molar-refractivity contribution in [2.45, 2.75) is 12.8 Å². The molecule has 0 aliphatic rings. The third kappa shape index (κ3) is 2.75. The van der Waals surface area contributed by atoms with E-state index in [4.69, 9.17) is 4.74 Å². The number of thiophene rings is 3. The number of methoxy groups -OCH3 is 1. The average Bonchev–Trinajstić information content (AvgIpc) is 3.29. The highest BCUT2D eigenvalue weighted by atomic mass is 32.1. The molecule has 0 saturated carbocycles. The predicted octanol–water partition coefficient (Wildman–Crippen LogP) is 6.21. The van der Waals surface area contributed by atoms with Crippen molar-refractivity contribution >= 4 is 74.4 Å². The molecule has 0 aliphatic heterocycles. The number of aliphatic hydroxyl groups excluding tert-OH is 1. The Bertz CT molecular complexity index is 1240. The van der Waals surface area contributed by atoms with Crippen LogP contribution in [0.5, 0.6) is 0 Å². The van der Waals surface area contributed by atoms with Gasteiger partial charge in [0.2, 0.25) is 0 Å². The zero-order chi connectivity index (χ0) is 17.7. The highest BCUT2D eigenvalue weighted by Gasteiger charge is 2.11. The molecule has 2 aromatic carbocycles. The summed E-state index contributed by atoms with van der Waals surface area (Å²) in [5.41, 5.74) is 0. The molecule has 1 N–H and O–H groups in total. The Kier molecular flexibility index (Phi) is 4.22. The van der Waals surface area contributed by atoms with Crippen LogP contribution in [0.4, 0.5) is 0 Å². The molecule has 0 unspecified atom stereocenters. The van der Waals surface area contributed by atoms with Gasteiger partial charge in [-0.1, -0.05) is 0 Å². The lowest BCUT2D eigenvalue weighted by Gasteiger charge is -1.94. The van der Waals surface area contributed by atoms with E-state index < -0.39 is 0 Å². The second-order valence-electron chi connectivity index (χ2n) is 6.52. The van der Waals surface area contributed by atoms with E-state index in [1.54, 1.807) is 18.4 Å². The first-order chi connectivity index (χ1) is 12.7. The lowest BCUT2D eigenvalue weighted by Crippen LogP contribution is -1.90. The van der Waals surface area contributed by atoms with Crippen molar-refractivity contribution in [3.8, 4) is 0 Å². The van der Waals surface area contributed by atoms with Crippen molar-refractivity contribution in [1.82, 2.24) is 0 Å². The second kappa shape index (κ2) is 6.59. The van der Waals surface area contributed by atoms with Crippen LogP contribution in [0.25, 0.3) is 40.3 Å². The van der Waals surface area contributed by atoms with Crippen LogP contribution in [-0.4, -0.2) is 25.4 Å². The zero-order valence-electron chi connectivity index (χ0n) is 14.4. The number of fused-ring (bicyclic) bond motifs is 5. The van der Waals surface area contributed by atoms with Crippen molar-refractivity contribution in [2.75, 3.05) is 20.3 Å². The maximum absolute atomic E-state index is 9.19. The topological polar surface area (TPSA) is 29.5 Å². The fourth-order valence-corrected chi connectivity index (χ4v) is 6.95. The molecule has 26 heavy (non-hydrogen) atoms. The monoisotopic (exact) mass is 398 g/mol. The zero-order valence-corrected chi connectivity index (χ0v) is 16.8. The quantitative estimate of drug-likeness (QED) is 0.381. The van der Waals surface area contributed by atoms with E-state index in [-0.39, 0.29) is 6.61 Å². The molecular formula is C21H18O2S3. The molecule has 3 heterocycles. The van der Waals surface area contributed by atoms with Crippen LogP contribution >= 0.6 is 34.0 Å². The number of ether oxygens (including phenoxy) is 1. The van der Waals surface area contributed by atoms with Crippen LogP contribution in [0.3, 0.4) is 0 Å². The van der Waals surface area contributed by atoms with Crippen LogP contribution in [0.1, 0.15) is 9.75 Å². The first-order valence-electron chi connectivity index (χ1n) is 8.66. The molecule has 0 fully saturated rings. The first kappa shape index (κ1) is 16.7. The van der Waals surface area contributed by atoms with E-state index in [1.165, 1.54) is 50.1 Å². The maximum atomic E-state index is 9.19. The van der Waals surface area contributed by atoms with Gasteiger partial charge in [0.1, 0.15) is 0 Å². The van der Waals surface area contributed by atoms with Crippen LogP contribution in [0.15, 0.2) is 36.4 Å². The molecule has 3 aromatic heterocycles. The van der Waals surface area contributed by atoms with Gasteiger partial charge in [0.25, 0.3) is 0 Å². The van der Waals surface area contributed by atoms with Crippen molar-refractivity contribution in [1.29, 1.82) is 0 Å². The van der Waals surface area contributed by atoms with Gasteiger partial charge in [-0.2, -0.15) is 0 Å². The molecule has 5 heteroatoms. The summed E-state index contributed by atoms with van der Waals surface area (Å²) in [4.78, 5) is 2.64. The lowest BCUT2D eigenvalue weighted by atomic mass is 10.1.